The number of carbonyl (C=O) groups is 3. The standard InChI is InChI=1S/C18H20N2O6S/c1-18-5-4-16(22)20(18)12(9-27-18)17(23)24-8-15(21)19-7-11-2-3-13-14(6-11)26-10-25-13/h2-3,6,12H,4-5,7-10H2,1H3,(H,19,21)/t12-,18-/m0/s1. The Morgan fingerprint density at radius 1 is 1.37 bits per heavy atom. The molecule has 1 aromatic carbocycles. The molecule has 3 aliphatic rings. The summed E-state index contributed by atoms with van der Waals surface area (Å²) in [4.78, 5) is 37.7. The van der Waals surface area contributed by atoms with Crippen molar-refractivity contribution >= 4 is 29.5 Å². The van der Waals surface area contributed by atoms with E-state index in [2.05, 4.69) is 5.32 Å². The maximum atomic E-state index is 12.3. The lowest BCUT2D eigenvalue weighted by Crippen LogP contribution is -2.47. The van der Waals surface area contributed by atoms with Gasteiger partial charge in [-0.2, -0.15) is 0 Å². The SMILES string of the molecule is C[C@]12CCC(=O)N1[C@H](C(=O)OCC(=O)NCc1ccc3c(c1)OCO3)CS2. The molecule has 9 heteroatoms. The van der Waals surface area contributed by atoms with Crippen LogP contribution < -0.4 is 14.8 Å². The third kappa shape index (κ3) is 3.43. The van der Waals surface area contributed by atoms with E-state index in [1.165, 1.54) is 0 Å². The fraction of sp³-hybridized carbons (Fsp3) is 0.500. The van der Waals surface area contributed by atoms with Gasteiger partial charge >= 0.3 is 5.97 Å². The lowest BCUT2D eigenvalue weighted by atomic mass is 10.2. The minimum Gasteiger partial charge on any atom is -0.454 e. The summed E-state index contributed by atoms with van der Waals surface area (Å²) in [6.07, 6.45) is 1.18. The minimum atomic E-state index is -0.614. The molecule has 2 atom stereocenters. The molecule has 3 aliphatic heterocycles. The number of amides is 2. The Hall–Kier alpha value is -2.42. The van der Waals surface area contributed by atoms with Gasteiger partial charge in [-0.3, -0.25) is 9.59 Å². The highest BCUT2D eigenvalue weighted by Crippen LogP contribution is 2.47. The van der Waals surface area contributed by atoms with Crippen molar-refractivity contribution < 1.29 is 28.6 Å². The molecule has 0 spiro atoms. The molecule has 2 saturated heterocycles. The van der Waals surface area contributed by atoms with E-state index >= 15 is 0 Å². The average Bonchev–Trinajstić information content (AvgIpc) is 3.33. The van der Waals surface area contributed by atoms with Gasteiger partial charge in [0.25, 0.3) is 5.91 Å². The summed E-state index contributed by atoms with van der Waals surface area (Å²) in [5.41, 5.74) is 0.851. The molecule has 1 N–H and O–H groups in total. The van der Waals surface area contributed by atoms with Crippen molar-refractivity contribution in [3.05, 3.63) is 23.8 Å². The van der Waals surface area contributed by atoms with Crippen LogP contribution in [0.25, 0.3) is 0 Å². The predicted molar refractivity (Wildman–Crippen MR) is 96.1 cm³/mol. The van der Waals surface area contributed by atoms with E-state index in [4.69, 9.17) is 14.2 Å². The third-order valence-corrected chi connectivity index (χ3v) is 6.49. The summed E-state index contributed by atoms with van der Waals surface area (Å²) in [5, 5.41) is 2.70. The molecule has 8 nitrogen and oxygen atoms in total. The van der Waals surface area contributed by atoms with E-state index in [0.717, 1.165) is 12.0 Å². The lowest BCUT2D eigenvalue weighted by Gasteiger charge is -2.29. The zero-order valence-electron chi connectivity index (χ0n) is 14.9. The Bertz CT molecular complexity index is 800. The molecule has 0 saturated carbocycles. The Balaban J connectivity index is 1.26. The van der Waals surface area contributed by atoms with Crippen molar-refractivity contribution in [2.75, 3.05) is 19.2 Å². The normalized spacial score (nSPS) is 25.4. The van der Waals surface area contributed by atoms with E-state index in [1.807, 2.05) is 13.0 Å². The van der Waals surface area contributed by atoms with Gasteiger partial charge in [-0.05, 0) is 31.0 Å². The van der Waals surface area contributed by atoms with Crippen LogP contribution in [0, 0.1) is 0 Å². The van der Waals surface area contributed by atoms with Gasteiger partial charge in [0.05, 0.1) is 4.87 Å². The molecule has 2 fully saturated rings. The second kappa shape index (κ2) is 6.95. The smallest absolute Gasteiger partial charge is 0.330 e. The zero-order valence-corrected chi connectivity index (χ0v) is 15.7. The van der Waals surface area contributed by atoms with Crippen LogP contribution in [0.1, 0.15) is 25.3 Å². The number of hydrogen-bond acceptors (Lipinski definition) is 7. The quantitative estimate of drug-likeness (QED) is 0.748. The molecule has 27 heavy (non-hydrogen) atoms. The first kappa shape index (κ1) is 18.0. The van der Waals surface area contributed by atoms with E-state index in [-0.39, 0.29) is 30.7 Å². The minimum absolute atomic E-state index is 0.0308. The van der Waals surface area contributed by atoms with Crippen LogP contribution in [-0.2, 0) is 25.7 Å². The van der Waals surface area contributed by atoms with E-state index in [9.17, 15) is 14.4 Å². The van der Waals surface area contributed by atoms with Crippen LogP contribution in [0.3, 0.4) is 0 Å². The molecule has 4 rings (SSSR count). The number of carbonyl (C=O) groups excluding carboxylic acids is 3. The number of esters is 1. The first-order valence-corrected chi connectivity index (χ1v) is 9.73. The second-order valence-electron chi connectivity index (χ2n) is 6.84. The number of nitrogens with zero attached hydrogens (tertiary/aromatic N) is 1. The van der Waals surface area contributed by atoms with Crippen molar-refractivity contribution in [1.82, 2.24) is 10.2 Å². The summed E-state index contributed by atoms with van der Waals surface area (Å²) < 4.78 is 15.7. The van der Waals surface area contributed by atoms with E-state index in [0.29, 0.717) is 23.7 Å². The molecule has 144 valence electrons. The van der Waals surface area contributed by atoms with Crippen molar-refractivity contribution in [3.63, 3.8) is 0 Å². The maximum absolute atomic E-state index is 12.3. The fourth-order valence-corrected chi connectivity index (χ4v) is 4.95. The maximum Gasteiger partial charge on any atom is 0.330 e. The summed E-state index contributed by atoms with van der Waals surface area (Å²) >= 11 is 1.59. The molecule has 2 amide bonds. The van der Waals surface area contributed by atoms with Crippen LogP contribution in [0.4, 0.5) is 0 Å². The van der Waals surface area contributed by atoms with E-state index in [1.54, 1.807) is 28.8 Å². The predicted octanol–water partition coefficient (Wildman–Crippen LogP) is 1.03. The first-order valence-electron chi connectivity index (χ1n) is 8.74. The highest BCUT2D eigenvalue weighted by Gasteiger charge is 2.53. The molecule has 0 aromatic heterocycles. The Kier molecular flexibility index (Phi) is 4.63. The van der Waals surface area contributed by atoms with Gasteiger partial charge in [-0.25, -0.2) is 4.79 Å². The number of fused-ring (bicyclic) bond motifs is 2. The topological polar surface area (TPSA) is 94.2 Å². The molecule has 0 radical (unpaired) electrons. The number of thioether (sulfide) groups is 1. The van der Waals surface area contributed by atoms with E-state index < -0.39 is 17.9 Å². The summed E-state index contributed by atoms with van der Waals surface area (Å²) in [5.74, 6) is 0.862. The van der Waals surface area contributed by atoms with Crippen molar-refractivity contribution in [2.24, 2.45) is 0 Å². The number of nitrogens with one attached hydrogen (secondary N) is 1. The fourth-order valence-electron chi connectivity index (χ4n) is 3.53. The Labute approximate surface area is 160 Å². The van der Waals surface area contributed by atoms with Crippen LogP contribution in [0.5, 0.6) is 11.5 Å². The number of rotatable bonds is 5. The number of hydrogen-bond donors (Lipinski definition) is 1. The van der Waals surface area contributed by atoms with Crippen LogP contribution >= 0.6 is 11.8 Å². The van der Waals surface area contributed by atoms with Gasteiger partial charge in [0.15, 0.2) is 18.1 Å². The molecule has 1 aromatic rings. The van der Waals surface area contributed by atoms with Crippen LogP contribution in [-0.4, -0.2) is 52.7 Å². The van der Waals surface area contributed by atoms with Gasteiger partial charge in [-0.15, -0.1) is 11.8 Å². The lowest BCUT2D eigenvalue weighted by molar-refractivity contribution is -0.156. The zero-order chi connectivity index (χ0) is 19.0. The summed E-state index contributed by atoms with van der Waals surface area (Å²) in [6.45, 7) is 2.07. The molecule has 3 heterocycles. The molecular weight excluding hydrogens is 372 g/mol. The van der Waals surface area contributed by atoms with Gasteiger partial charge in [-0.1, -0.05) is 6.07 Å². The Morgan fingerprint density at radius 2 is 2.19 bits per heavy atom. The third-order valence-electron chi connectivity index (χ3n) is 4.99. The monoisotopic (exact) mass is 392 g/mol. The highest BCUT2D eigenvalue weighted by atomic mass is 32.2. The van der Waals surface area contributed by atoms with Crippen LogP contribution in [0.15, 0.2) is 18.2 Å². The molecule has 0 unspecified atom stereocenters. The second-order valence-corrected chi connectivity index (χ2v) is 8.34. The summed E-state index contributed by atoms with van der Waals surface area (Å²) in [7, 11) is 0. The van der Waals surface area contributed by atoms with Crippen molar-refractivity contribution in [3.8, 4) is 11.5 Å². The van der Waals surface area contributed by atoms with Crippen molar-refractivity contribution in [2.45, 2.75) is 37.2 Å². The largest absolute Gasteiger partial charge is 0.454 e. The van der Waals surface area contributed by atoms with Gasteiger partial charge in [0.1, 0.15) is 6.04 Å². The number of ether oxygens (including phenoxy) is 3. The van der Waals surface area contributed by atoms with Gasteiger partial charge in [0, 0.05) is 18.7 Å². The highest BCUT2D eigenvalue weighted by molar-refractivity contribution is 8.01. The summed E-state index contributed by atoms with van der Waals surface area (Å²) in [6, 6.07) is 4.79. The molecule has 0 aliphatic carbocycles. The molecular formula is C18H20N2O6S. The van der Waals surface area contributed by atoms with Crippen LogP contribution in [0.2, 0.25) is 0 Å². The number of benzene rings is 1. The molecule has 0 bridgehead atoms. The first-order chi connectivity index (χ1) is 13.0. The Morgan fingerprint density at radius 3 is 3.04 bits per heavy atom. The average molecular weight is 392 g/mol. The van der Waals surface area contributed by atoms with Gasteiger partial charge < -0.3 is 24.4 Å². The van der Waals surface area contributed by atoms with Crippen molar-refractivity contribution in [1.29, 1.82) is 0 Å². The van der Waals surface area contributed by atoms with Gasteiger partial charge in [0.2, 0.25) is 12.7 Å².